The van der Waals surface area contributed by atoms with Crippen molar-refractivity contribution < 1.29 is 10.0 Å². The minimum atomic E-state index is -0.343. The first-order chi connectivity index (χ1) is 9.58. The molecule has 5 heteroatoms. The van der Waals surface area contributed by atoms with Gasteiger partial charge in [0.15, 0.2) is 0 Å². The van der Waals surface area contributed by atoms with Crippen LogP contribution in [-0.2, 0) is 6.54 Å². The number of hydrogen-bond donors (Lipinski definition) is 2. The summed E-state index contributed by atoms with van der Waals surface area (Å²) in [4.78, 5) is 10.5. The number of nitrogens with zero attached hydrogens (tertiary/aromatic N) is 1. The Labute approximate surface area is 120 Å². The molecule has 2 N–H and O–H groups in total. The van der Waals surface area contributed by atoms with Crippen molar-refractivity contribution in [1.29, 1.82) is 0 Å². The van der Waals surface area contributed by atoms with E-state index >= 15 is 0 Å². The lowest BCUT2D eigenvalue weighted by Gasteiger charge is -2.15. The Bertz CT molecular complexity index is 429. The fraction of sp³-hybridized carbons (Fsp3) is 0.600. The average Bonchev–Trinajstić information content (AvgIpc) is 2.41. The maximum atomic E-state index is 10.9. The van der Waals surface area contributed by atoms with Crippen molar-refractivity contribution >= 4 is 5.69 Å². The summed E-state index contributed by atoms with van der Waals surface area (Å²) in [6.07, 6.45) is 2.98. The number of benzene rings is 1. The third-order valence-corrected chi connectivity index (χ3v) is 3.47. The number of nitro benzene ring substituents is 1. The van der Waals surface area contributed by atoms with E-state index in [9.17, 15) is 10.1 Å². The molecule has 5 nitrogen and oxygen atoms in total. The lowest BCUT2D eigenvalue weighted by Crippen LogP contribution is -2.23. The molecule has 0 spiro atoms. The van der Waals surface area contributed by atoms with Gasteiger partial charge >= 0.3 is 0 Å². The number of rotatable bonds is 9. The van der Waals surface area contributed by atoms with E-state index in [1.165, 1.54) is 0 Å². The molecule has 0 aliphatic rings. The predicted octanol–water partition coefficient (Wildman–Crippen LogP) is 2.79. The number of aryl methyl sites for hydroxylation is 1. The highest BCUT2D eigenvalue weighted by Crippen LogP contribution is 2.19. The van der Waals surface area contributed by atoms with Crippen LogP contribution in [0.15, 0.2) is 18.2 Å². The van der Waals surface area contributed by atoms with Crippen molar-refractivity contribution in [2.75, 3.05) is 13.2 Å². The van der Waals surface area contributed by atoms with E-state index in [-0.39, 0.29) is 17.2 Å². The molecule has 0 aliphatic carbocycles. The van der Waals surface area contributed by atoms with Crippen molar-refractivity contribution in [2.24, 2.45) is 5.92 Å². The summed E-state index contributed by atoms with van der Waals surface area (Å²) in [7, 11) is 0. The Balaban J connectivity index is 2.53. The molecule has 1 aromatic carbocycles. The zero-order valence-electron chi connectivity index (χ0n) is 12.3. The number of aliphatic hydroxyl groups excluding tert-OH is 1. The van der Waals surface area contributed by atoms with Crippen molar-refractivity contribution in [3.63, 3.8) is 0 Å². The molecular formula is C15H24N2O3. The summed E-state index contributed by atoms with van der Waals surface area (Å²) >= 11 is 0. The van der Waals surface area contributed by atoms with Crippen LogP contribution in [0, 0.1) is 23.0 Å². The van der Waals surface area contributed by atoms with Gasteiger partial charge in [-0.15, -0.1) is 0 Å². The summed E-state index contributed by atoms with van der Waals surface area (Å²) < 4.78 is 0. The summed E-state index contributed by atoms with van der Waals surface area (Å²) in [5.74, 6) is 0.463. The normalized spacial score (nSPS) is 12.3. The zero-order chi connectivity index (χ0) is 15.0. The van der Waals surface area contributed by atoms with Crippen LogP contribution in [0.2, 0.25) is 0 Å². The summed E-state index contributed by atoms with van der Waals surface area (Å²) in [5, 5.41) is 23.2. The van der Waals surface area contributed by atoms with Crippen LogP contribution in [0.4, 0.5) is 5.69 Å². The molecule has 1 rings (SSSR count). The van der Waals surface area contributed by atoms with Crippen LogP contribution >= 0.6 is 0 Å². The van der Waals surface area contributed by atoms with Gasteiger partial charge in [0, 0.05) is 24.8 Å². The fourth-order valence-electron chi connectivity index (χ4n) is 2.32. The molecule has 1 aromatic rings. The first kappa shape index (κ1) is 16.6. The van der Waals surface area contributed by atoms with Crippen molar-refractivity contribution in [2.45, 2.75) is 39.7 Å². The fourth-order valence-corrected chi connectivity index (χ4v) is 2.32. The molecule has 1 unspecified atom stereocenters. The Morgan fingerprint density at radius 2 is 2.15 bits per heavy atom. The van der Waals surface area contributed by atoms with Crippen molar-refractivity contribution in [1.82, 2.24) is 5.32 Å². The summed E-state index contributed by atoms with van der Waals surface area (Å²) in [5.41, 5.74) is 1.77. The third kappa shape index (κ3) is 5.27. The van der Waals surface area contributed by atoms with Crippen LogP contribution in [0.1, 0.15) is 37.3 Å². The molecule has 0 radical (unpaired) electrons. The standard InChI is InChI=1S/C15H24N2O3/c1-3-4-13(7-8-18)10-16-11-14-6-5-12(2)15(9-14)17(19)20/h5-6,9,13,16,18H,3-4,7-8,10-11H2,1-2H3. The first-order valence-corrected chi connectivity index (χ1v) is 7.14. The molecule has 0 aliphatic heterocycles. The smallest absolute Gasteiger partial charge is 0.272 e. The van der Waals surface area contributed by atoms with E-state index < -0.39 is 0 Å². The lowest BCUT2D eigenvalue weighted by atomic mass is 10.00. The van der Waals surface area contributed by atoms with Gasteiger partial charge in [-0.3, -0.25) is 10.1 Å². The van der Waals surface area contributed by atoms with Crippen LogP contribution in [0.3, 0.4) is 0 Å². The van der Waals surface area contributed by atoms with Gasteiger partial charge in [0.1, 0.15) is 0 Å². The maximum absolute atomic E-state index is 10.9. The highest BCUT2D eigenvalue weighted by molar-refractivity contribution is 5.42. The largest absolute Gasteiger partial charge is 0.396 e. The quantitative estimate of drug-likeness (QED) is 0.539. The molecule has 0 amide bonds. The molecule has 0 bridgehead atoms. The maximum Gasteiger partial charge on any atom is 0.272 e. The van der Waals surface area contributed by atoms with Gasteiger partial charge in [-0.05, 0) is 37.8 Å². The van der Waals surface area contributed by atoms with Gasteiger partial charge in [0.05, 0.1) is 4.92 Å². The predicted molar refractivity (Wildman–Crippen MR) is 79.6 cm³/mol. The molecule has 0 saturated carbocycles. The minimum Gasteiger partial charge on any atom is -0.396 e. The highest BCUT2D eigenvalue weighted by Gasteiger charge is 2.11. The Kier molecular flexibility index (Phi) is 7.18. The van der Waals surface area contributed by atoms with E-state index in [1.807, 2.05) is 6.07 Å². The van der Waals surface area contributed by atoms with Crippen molar-refractivity contribution in [3.05, 3.63) is 39.4 Å². The second-order valence-corrected chi connectivity index (χ2v) is 5.18. The monoisotopic (exact) mass is 280 g/mol. The van der Waals surface area contributed by atoms with Gasteiger partial charge in [-0.25, -0.2) is 0 Å². The lowest BCUT2D eigenvalue weighted by molar-refractivity contribution is -0.385. The minimum absolute atomic E-state index is 0.171. The third-order valence-electron chi connectivity index (χ3n) is 3.47. The molecule has 112 valence electrons. The van der Waals surface area contributed by atoms with Gasteiger partial charge in [-0.2, -0.15) is 0 Å². The van der Waals surface area contributed by atoms with Crippen molar-refractivity contribution in [3.8, 4) is 0 Å². The summed E-state index contributed by atoms with van der Waals surface area (Å²) in [6.45, 7) is 5.53. The molecule has 0 fully saturated rings. The molecule has 0 saturated heterocycles. The molecule has 20 heavy (non-hydrogen) atoms. The first-order valence-electron chi connectivity index (χ1n) is 7.14. The van der Waals surface area contributed by atoms with E-state index in [2.05, 4.69) is 12.2 Å². The highest BCUT2D eigenvalue weighted by atomic mass is 16.6. The van der Waals surface area contributed by atoms with Gasteiger partial charge in [0.2, 0.25) is 0 Å². The van der Waals surface area contributed by atoms with E-state index in [1.54, 1.807) is 19.1 Å². The number of aliphatic hydroxyl groups is 1. The van der Waals surface area contributed by atoms with Crippen LogP contribution in [0.5, 0.6) is 0 Å². The van der Waals surface area contributed by atoms with Crippen LogP contribution in [0.25, 0.3) is 0 Å². The van der Waals surface area contributed by atoms with Gasteiger partial charge < -0.3 is 10.4 Å². The van der Waals surface area contributed by atoms with E-state index in [0.717, 1.165) is 31.4 Å². The Hall–Kier alpha value is -1.46. The number of nitrogens with one attached hydrogen (secondary N) is 1. The molecule has 0 aromatic heterocycles. The van der Waals surface area contributed by atoms with Crippen LogP contribution < -0.4 is 5.32 Å². The van der Waals surface area contributed by atoms with Gasteiger partial charge in [0.25, 0.3) is 5.69 Å². The van der Waals surface area contributed by atoms with Crippen LogP contribution in [-0.4, -0.2) is 23.2 Å². The molecular weight excluding hydrogens is 256 g/mol. The van der Waals surface area contributed by atoms with E-state index in [4.69, 9.17) is 5.11 Å². The topological polar surface area (TPSA) is 75.4 Å². The molecule has 1 atom stereocenters. The number of hydrogen-bond acceptors (Lipinski definition) is 4. The second kappa shape index (κ2) is 8.66. The Morgan fingerprint density at radius 1 is 1.40 bits per heavy atom. The van der Waals surface area contributed by atoms with E-state index in [0.29, 0.717) is 18.0 Å². The Morgan fingerprint density at radius 3 is 2.75 bits per heavy atom. The molecule has 0 heterocycles. The summed E-state index contributed by atoms with van der Waals surface area (Å²) in [6, 6.07) is 5.33. The van der Waals surface area contributed by atoms with Gasteiger partial charge in [-0.1, -0.05) is 25.5 Å². The average molecular weight is 280 g/mol. The second-order valence-electron chi connectivity index (χ2n) is 5.18. The zero-order valence-corrected chi connectivity index (χ0v) is 12.3. The number of nitro groups is 1. The SMILES string of the molecule is CCCC(CCO)CNCc1ccc(C)c([N+](=O)[O-])c1.